The molecule has 0 saturated heterocycles. The summed E-state index contributed by atoms with van der Waals surface area (Å²) in [6.07, 6.45) is 3.27. The van der Waals surface area contributed by atoms with E-state index in [1.807, 2.05) is 0 Å². The fourth-order valence-electron chi connectivity index (χ4n) is 1.59. The van der Waals surface area contributed by atoms with E-state index in [0.29, 0.717) is 17.0 Å². The van der Waals surface area contributed by atoms with Gasteiger partial charge in [0.2, 0.25) is 5.78 Å². The molecule has 0 N–H and O–H groups in total. The van der Waals surface area contributed by atoms with Gasteiger partial charge in [0.15, 0.2) is 5.82 Å². The molecule has 0 spiro atoms. The Morgan fingerprint density at radius 2 is 1.78 bits per heavy atom. The van der Waals surface area contributed by atoms with Gasteiger partial charge in [0, 0.05) is 25.0 Å². The molecule has 0 aliphatic carbocycles. The highest BCUT2D eigenvalue weighted by atomic mass is 16.5. The predicted octanol–water partition coefficient (Wildman–Crippen LogP) is 1.44. The van der Waals surface area contributed by atoms with Crippen molar-refractivity contribution in [3.8, 4) is 0 Å². The molecule has 0 bridgehead atoms. The number of rotatable bonds is 3. The molecule has 1 aromatic carbocycles. The van der Waals surface area contributed by atoms with E-state index in [2.05, 4.69) is 9.72 Å². The van der Waals surface area contributed by atoms with Crippen LogP contribution in [0.1, 0.15) is 26.5 Å². The van der Waals surface area contributed by atoms with Crippen LogP contribution in [0.3, 0.4) is 0 Å². The predicted molar refractivity (Wildman–Crippen MR) is 64.4 cm³/mol. The van der Waals surface area contributed by atoms with Gasteiger partial charge in [-0.25, -0.2) is 9.78 Å². The van der Waals surface area contributed by atoms with Gasteiger partial charge in [-0.05, 0) is 12.1 Å². The molecule has 0 fully saturated rings. The van der Waals surface area contributed by atoms with Crippen LogP contribution in [-0.4, -0.2) is 28.4 Å². The van der Waals surface area contributed by atoms with Crippen molar-refractivity contribution >= 4 is 11.8 Å². The Balaban J connectivity index is 2.28. The van der Waals surface area contributed by atoms with E-state index in [4.69, 9.17) is 0 Å². The summed E-state index contributed by atoms with van der Waals surface area (Å²) in [4.78, 5) is 27.3. The molecule has 0 amide bonds. The first-order chi connectivity index (χ1) is 8.63. The summed E-state index contributed by atoms with van der Waals surface area (Å²) in [5.41, 5.74) is 0.894. The van der Waals surface area contributed by atoms with Crippen molar-refractivity contribution in [3.05, 3.63) is 53.6 Å². The van der Waals surface area contributed by atoms with Crippen LogP contribution in [0.25, 0.3) is 0 Å². The third-order valence-corrected chi connectivity index (χ3v) is 2.59. The summed E-state index contributed by atoms with van der Waals surface area (Å²) in [5.74, 6) is -0.245. The fraction of sp³-hybridized carbons (Fsp3) is 0.154. The van der Waals surface area contributed by atoms with Crippen molar-refractivity contribution in [3.63, 3.8) is 0 Å². The van der Waals surface area contributed by atoms with E-state index in [0.717, 1.165) is 0 Å². The van der Waals surface area contributed by atoms with Crippen molar-refractivity contribution in [2.75, 3.05) is 7.11 Å². The lowest BCUT2D eigenvalue weighted by molar-refractivity contribution is 0.0600. The number of imidazole rings is 1. The van der Waals surface area contributed by atoms with Crippen LogP contribution in [0, 0.1) is 0 Å². The number of ether oxygens (including phenoxy) is 1. The van der Waals surface area contributed by atoms with Crippen LogP contribution in [-0.2, 0) is 11.8 Å². The number of benzene rings is 1. The van der Waals surface area contributed by atoms with Gasteiger partial charge in [-0.15, -0.1) is 0 Å². The summed E-state index contributed by atoms with van der Waals surface area (Å²) in [6.45, 7) is 0. The molecule has 5 nitrogen and oxygen atoms in total. The normalized spacial score (nSPS) is 10.1. The maximum Gasteiger partial charge on any atom is 0.337 e. The molecule has 2 rings (SSSR count). The second-order valence-electron chi connectivity index (χ2n) is 3.76. The Bertz CT molecular complexity index is 585. The lowest BCUT2D eigenvalue weighted by atomic mass is 10.1. The number of carbonyl (C=O) groups excluding carboxylic acids is 2. The highest BCUT2D eigenvalue weighted by Crippen LogP contribution is 2.10. The Labute approximate surface area is 104 Å². The molecule has 0 saturated carbocycles. The third-order valence-electron chi connectivity index (χ3n) is 2.59. The molecule has 0 unspecified atom stereocenters. The number of methoxy groups -OCH3 is 1. The average Bonchev–Trinajstić information content (AvgIpc) is 2.83. The monoisotopic (exact) mass is 244 g/mol. The minimum absolute atomic E-state index is 0.182. The molecule has 0 atom stereocenters. The van der Waals surface area contributed by atoms with E-state index >= 15 is 0 Å². The second-order valence-corrected chi connectivity index (χ2v) is 3.76. The van der Waals surface area contributed by atoms with Gasteiger partial charge in [0.05, 0.1) is 12.7 Å². The number of nitrogens with zero attached hydrogens (tertiary/aromatic N) is 2. The SMILES string of the molecule is COC(=O)c1ccc(C(=O)c2nccn2C)cc1. The largest absolute Gasteiger partial charge is 0.465 e. The zero-order valence-electron chi connectivity index (χ0n) is 10.1. The number of ketones is 1. The van der Waals surface area contributed by atoms with E-state index in [9.17, 15) is 9.59 Å². The molecule has 1 heterocycles. The molecule has 5 heteroatoms. The molecule has 92 valence electrons. The average molecular weight is 244 g/mol. The third kappa shape index (κ3) is 2.15. The molecule has 0 radical (unpaired) electrons. The van der Waals surface area contributed by atoms with Crippen LogP contribution >= 0.6 is 0 Å². The summed E-state index contributed by atoms with van der Waals surface area (Å²) in [7, 11) is 3.07. The zero-order valence-corrected chi connectivity index (χ0v) is 10.1. The summed E-state index contributed by atoms with van der Waals surface area (Å²) >= 11 is 0. The first-order valence-corrected chi connectivity index (χ1v) is 5.34. The molecular weight excluding hydrogens is 232 g/mol. The van der Waals surface area contributed by atoms with Gasteiger partial charge in [-0.2, -0.15) is 0 Å². The van der Waals surface area contributed by atoms with E-state index < -0.39 is 5.97 Å². The molecule has 0 aliphatic rings. The first kappa shape index (κ1) is 12.0. The molecular formula is C13H12N2O3. The number of aryl methyl sites for hydroxylation is 1. The van der Waals surface area contributed by atoms with Crippen molar-refractivity contribution in [2.45, 2.75) is 0 Å². The van der Waals surface area contributed by atoms with Crippen molar-refractivity contribution < 1.29 is 14.3 Å². The van der Waals surface area contributed by atoms with E-state index in [1.165, 1.54) is 7.11 Å². The zero-order chi connectivity index (χ0) is 13.1. The van der Waals surface area contributed by atoms with Crippen molar-refractivity contribution in [2.24, 2.45) is 7.05 Å². The lowest BCUT2D eigenvalue weighted by Crippen LogP contribution is -2.09. The quantitative estimate of drug-likeness (QED) is 0.605. The minimum atomic E-state index is -0.425. The molecule has 2 aromatic rings. The minimum Gasteiger partial charge on any atom is -0.465 e. The van der Waals surface area contributed by atoms with Gasteiger partial charge < -0.3 is 9.30 Å². The highest BCUT2D eigenvalue weighted by molar-refractivity contribution is 6.07. The Kier molecular flexibility index (Phi) is 3.23. The van der Waals surface area contributed by atoms with Crippen LogP contribution in [0.2, 0.25) is 0 Å². The van der Waals surface area contributed by atoms with Gasteiger partial charge in [0.25, 0.3) is 0 Å². The number of carbonyl (C=O) groups is 2. The number of esters is 1. The van der Waals surface area contributed by atoms with Crippen LogP contribution < -0.4 is 0 Å². The van der Waals surface area contributed by atoms with Crippen LogP contribution in [0.5, 0.6) is 0 Å². The molecule has 0 aliphatic heterocycles. The maximum absolute atomic E-state index is 12.1. The maximum atomic E-state index is 12.1. The van der Waals surface area contributed by atoms with Gasteiger partial charge >= 0.3 is 5.97 Å². The lowest BCUT2D eigenvalue weighted by Gasteiger charge is -2.02. The van der Waals surface area contributed by atoms with Crippen LogP contribution in [0.4, 0.5) is 0 Å². The van der Waals surface area contributed by atoms with Crippen molar-refractivity contribution in [1.29, 1.82) is 0 Å². The highest BCUT2D eigenvalue weighted by Gasteiger charge is 2.14. The number of aromatic nitrogens is 2. The molecule has 1 aromatic heterocycles. The number of hydrogen-bond acceptors (Lipinski definition) is 4. The fourth-order valence-corrected chi connectivity index (χ4v) is 1.59. The Hall–Kier alpha value is -2.43. The van der Waals surface area contributed by atoms with E-state index in [1.54, 1.807) is 48.3 Å². The van der Waals surface area contributed by atoms with E-state index in [-0.39, 0.29) is 5.78 Å². The summed E-state index contributed by atoms with van der Waals surface area (Å²) in [5, 5.41) is 0. The molecule has 18 heavy (non-hydrogen) atoms. The second kappa shape index (κ2) is 4.83. The van der Waals surface area contributed by atoms with Crippen molar-refractivity contribution in [1.82, 2.24) is 9.55 Å². The van der Waals surface area contributed by atoms with Crippen LogP contribution in [0.15, 0.2) is 36.7 Å². The smallest absolute Gasteiger partial charge is 0.337 e. The summed E-state index contributed by atoms with van der Waals surface area (Å²) in [6, 6.07) is 6.29. The standard InChI is InChI=1S/C13H12N2O3/c1-15-8-7-14-12(15)11(16)9-3-5-10(6-4-9)13(17)18-2/h3-8H,1-2H3. The Morgan fingerprint density at radius 1 is 1.17 bits per heavy atom. The Morgan fingerprint density at radius 3 is 2.28 bits per heavy atom. The van der Waals surface area contributed by atoms with Gasteiger partial charge in [-0.1, -0.05) is 12.1 Å². The number of hydrogen-bond donors (Lipinski definition) is 0. The van der Waals surface area contributed by atoms with Gasteiger partial charge in [0.1, 0.15) is 0 Å². The summed E-state index contributed by atoms with van der Waals surface area (Å²) < 4.78 is 6.24. The van der Waals surface area contributed by atoms with Gasteiger partial charge in [-0.3, -0.25) is 4.79 Å². The first-order valence-electron chi connectivity index (χ1n) is 5.34. The topological polar surface area (TPSA) is 61.2 Å².